The first-order valence-corrected chi connectivity index (χ1v) is 6.13. The molecule has 2 rings (SSSR count). The van der Waals surface area contributed by atoms with Crippen molar-refractivity contribution in [3.8, 4) is 11.6 Å². The molecule has 0 saturated carbocycles. The molecule has 0 bridgehead atoms. The van der Waals surface area contributed by atoms with Crippen LogP contribution in [0.25, 0.3) is 0 Å². The van der Waals surface area contributed by atoms with E-state index in [2.05, 4.69) is 25.9 Å². The van der Waals surface area contributed by atoms with Gasteiger partial charge in [-0.15, -0.1) is 0 Å². The molecule has 0 atom stereocenters. The summed E-state index contributed by atoms with van der Waals surface area (Å²) < 4.78 is 20.1. The summed E-state index contributed by atoms with van der Waals surface area (Å²) in [7, 11) is 0. The first-order chi connectivity index (χ1) is 8.61. The number of anilines is 1. The Kier molecular flexibility index (Phi) is 3.76. The van der Waals surface area contributed by atoms with Gasteiger partial charge in [0.15, 0.2) is 5.75 Å². The summed E-state index contributed by atoms with van der Waals surface area (Å²) in [6.45, 7) is 1.81. The number of ether oxygens (including phenoxy) is 1. The van der Waals surface area contributed by atoms with Gasteiger partial charge in [0.05, 0.1) is 11.4 Å². The Balaban J connectivity index is 2.34. The van der Waals surface area contributed by atoms with Gasteiger partial charge in [0.2, 0.25) is 5.82 Å². The van der Waals surface area contributed by atoms with E-state index in [1.165, 1.54) is 6.33 Å². The Bertz CT molecular complexity index is 577. The molecule has 4 nitrogen and oxygen atoms in total. The number of nitrogens with zero attached hydrogens (tertiary/aromatic N) is 2. The zero-order valence-electron chi connectivity index (χ0n) is 9.65. The summed E-state index contributed by atoms with van der Waals surface area (Å²) >= 11 is 3.28. The molecule has 1 aromatic heterocycles. The third-order valence-electron chi connectivity index (χ3n) is 2.34. The smallest absolute Gasteiger partial charge is 0.259 e. The molecular formula is C12H11BrFN3O. The van der Waals surface area contributed by atoms with Crippen LogP contribution in [0.15, 0.2) is 29.0 Å². The van der Waals surface area contributed by atoms with Gasteiger partial charge >= 0.3 is 0 Å². The van der Waals surface area contributed by atoms with Crippen molar-refractivity contribution in [3.63, 3.8) is 0 Å². The van der Waals surface area contributed by atoms with Gasteiger partial charge in [0.1, 0.15) is 6.33 Å². The lowest BCUT2D eigenvalue weighted by atomic mass is 10.3. The van der Waals surface area contributed by atoms with Gasteiger partial charge in [0.25, 0.3) is 5.88 Å². The minimum absolute atomic E-state index is 0.115. The summed E-state index contributed by atoms with van der Waals surface area (Å²) in [6, 6.07) is 5.08. The van der Waals surface area contributed by atoms with Gasteiger partial charge in [-0.3, -0.25) is 0 Å². The van der Waals surface area contributed by atoms with Gasteiger partial charge in [-0.1, -0.05) is 22.9 Å². The number of nitrogens with two attached hydrogens (primary N) is 1. The largest absolute Gasteiger partial charge is 0.434 e. The van der Waals surface area contributed by atoms with Gasteiger partial charge in [0, 0.05) is 4.47 Å². The number of rotatable bonds is 3. The molecule has 6 heteroatoms. The fraction of sp³-hybridized carbons (Fsp3) is 0.167. The molecule has 0 spiro atoms. The number of hydrogen-bond acceptors (Lipinski definition) is 4. The average Bonchev–Trinajstić information content (AvgIpc) is 2.35. The fourth-order valence-electron chi connectivity index (χ4n) is 1.42. The van der Waals surface area contributed by atoms with E-state index in [1.807, 2.05) is 6.92 Å². The number of benzene rings is 1. The molecular weight excluding hydrogens is 301 g/mol. The highest BCUT2D eigenvalue weighted by atomic mass is 79.9. The van der Waals surface area contributed by atoms with E-state index in [-0.39, 0.29) is 5.88 Å². The standard InChI is InChI=1S/C12H11BrFN3O/c1-2-9-11(14)12(17-6-16-9)18-10-4-3-7(13)5-8(10)15/h3-6H,2,15H2,1H3. The molecule has 2 aromatic rings. The third-order valence-corrected chi connectivity index (χ3v) is 2.84. The first-order valence-electron chi connectivity index (χ1n) is 5.34. The molecule has 0 aliphatic rings. The number of aromatic nitrogens is 2. The summed E-state index contributed by atoms with van der Waals surface area (Å²) in [4.78, 5) is 7.60. The van der Waals surface area contributed by atoms with E-state index < -0.39 is 5.82 Å². The van der Waals surface area contributed by atoms with Gasteiger partial charge in [-0.05, 0) is 24.6 Å². The molecule has 18 heavy (non-hydrogen) atoms. The Morgan fingerprint density at radius 2 is 2.17 bits per heavy atom. The van der Waals surface area contributed by atoms with Crippen molar-refractivity contribution >= 4 is 21.6 Å². The van der Waals surface area contributed by atoms with Crippen LogP contribution in [0.4, 0.5) is 10.1 Å². The molecule has 2 N–H and O–H groups in total. The van der Waals surface area contributed by atoms with Crippen LogP contribution in [0, 0.1) is 5.82 Å². The van der Waals surface area contributed by atoms with Crippen molar-refractivity contribution in [2.75, 3.05) is 5.73 Å². The Morgan fingerprint density at radius 1 is 1.39 bits per heavy atom. The van der Waals surface area contributed by atoms with E-state index in [4.69, 9.17) is 10.5 Å². The molecule has 1 aromatic carbocycles. The third kappa shape index (κ3) is 2.59. The number of hydrogen-bond donors (Lipinski definition) is 1. The van der Waals surface area contributed by atoms with Crippen LogP contribution in [0.5, 0.6) is 11.6 Å². The maximum atomic E-state index is 13.9. The van der Waals surface area contributed by atoms with Crippen molar-refractivity contribution in [2.24, 2.45) is 0 Å². The van der Waals surface area contributed by atoms with Crippen LogP contribution in [-0.4, -0.2) is 9.97 Å². The second-order valence-electron chi connectivity index (χ2n) is 3.58. The van der Waals surface area contributed by atoms with Crippen molar-refractivity contribution < 1.29 is 9.13 Å². The predicted octanol–water partition coefficient (Wildman–Crippen LogP) is 3.32. The van der Waals surface area contributed by atoms with E-state index in [0.717, 1.165) is 4.47 Å². The monoisotopic (exact) mass is 311 g/mol. The lowest BCUT2D eigenvalue weighted by molar-refractivity contribution is 0.416. The summed E-state index contributed by atoms with van der Waals surface area (Å²) in [5.74, 6) is -0.309. The van der Waals surface area contributed by atoms with E-state index in [9.17, 15) is 4.39 Å². The quantitative estimate of drug-likeness (QED) is 0.883. The first kappa shape index (κ1) is 12.8. The van der Waals surface area contributed by atoms with Crippen molar-refractivity contribution in [2.45, 2.75) is 13.3 Å². The minimum atomic E-state index is -0.553. The van der Waals surface area contributed by atoms with Gasteiger partial charge < -0.3 is 10.5 Å². The normalized spacial score (nSPS) is 10.4. The Hall–Kier alpha value is -1.69. The summed E-state index contributed by atoms with van der Waals surface area (Å²) in [6.07, 6.45) is 1.74. The molecule has 94 valence electrons. The molecule has 0 amide bonds. The molecule has 0 aliphatic heterocycles. The summed E-state index contributed by atoms with van der Waals surface area (Å²) in [5.41, 5.74) is 6.49. The topological polar surface area (TPSA) is 61.0 Å². The van der Waals surface area contributed by atoms with Crippen molar-refractivity contribution in [1.29, 1.82) is 0 Å². The number of halogens is 2. The highest BCUT2D eigenvalue weighted by Gasteiger charge is 2.13. The lowest BCUT2D eigenvalue weighted by Crippen LogP contribution is -2.00. The lowest BCUT2D eigenvalue weighted by Gasteiger charge is -2.09. The molecule has 0 unspecified atom stereocenters. The van der Waals surface area contributed by atoms with Gasteiger partial charge in [-0.25, -0.2) is 4.98 Å². The highest BCUT2D eigenvalue weighted by molar-refractivity contribution is 9.10. The SMILES string of the molecule is CCc1ncnc(Oc2ccc(Br)cc2N)c1F. The van der Waals surface area contributed by atoms with Crippen LogP contribution in [0.3, 0.4) is 0 Å². The predicted molar refractivity (Wildman–Crippen MR) is 70.0 cm³/mol. The number of nitrogen functional groups attached to an aromatic ring is 1. The molecule has 1 heterocycles. The second kappa shape index (κ2) is 5.30. The molecule has 0 fully saturated rings. The maximum Gasteiger partial charge on any atom is 0.259 e. The van der Waals surface area contributed by atoms with Crippen molar-refractivity contribution in [3.05, 3.63) is 40.5 Å². The average molecular weight is 312 g/mol. The van der Waals surface area contributed by atoms with Crippen LogP contribution < -0.4 is 10.5 Å². The Labute approximate surface area is 112 Å². The van der Waals surface area contributed by atoms with Crippen LogP contribution >= 0.6 is 15.9 Å². The van der Waals surface area contributed by atoms with Crippen molar-refractivity contribution in [1.82, 2.24) is 9.97 Å². The molecule has 0 aliphatic carbocycles. The highest BCUT2D eigenvalue weighted by Crippen LogP contribution is 2.30. The van der Waals surface area contributed by atoms with Gasteiger partial charge in [-0.2, -0.15) is 9.37 Å². The molecule has 0 saturated heterocycles. The van der Waals surface area contributed by atoms with Crippen LogP contribution in [-0.2, 0) is 6.42 Å². The van der Waals surface area contributed by atoms with Crippen LogP contribution in [0.1, 0.15) is 12.6 Å². The van der Waals surface area contributed by atoms with E-state index >= 15 is 0 Å². The summed E-state index contributed by atoms with van der Waals surface area (Å²) in [5, 5.41) is 0. The zero-order chi connectivity index (χ0) is 13.1. The van der Waals surface area contributed by atoms with E-state index in [1.54, 1.807) is 18.2 Å². The second-order valence-corrected chi connectivity index (χ2v) is 4.49. The van der Waals surface area contributed by atoms with Crippen LogP contribution in [0.2, 0.25) is 0 Å². The zero-order valence-corrected chi connectivity index (χ0v) is 11.2. The Morgan fingerprint density at radius 3 is 2.83 bits per heavy atom. The number of aryl methyl sites for hydroxylation is 1. The maximum absolute atomic E-state index is 13.9. The molecule has 0 radical (unpaired) electrons. The fourth-order valence-corrected chi connectivity index (χ4v) is 1.80. The minimum Gasteiger partial charge on any atom is -0.434 e. The van der Waals surface area contributed by atoms with E-state index in [0.29, 0.717) is 23.6 Å².